The van der Waals surface area contributed by atoms with Gasteiger partial charge in [0.15, 0.2) is 0 Å². The number of anilines is 2. The highest BCUT2D eigenvalue weighted by atomic mass is 19.1. The summed E-state index contributed by atoms with van der Waals surface area (Å²) in [6.45, 7) is 7.30. The molecule has 0 amide bonds. The van der Waals surface area contributed by atoms with E-state index in [2.05, 4.69) is 19.2 Å². The Balaban J connectivity index is 2.08. The lowest BCUT2D eigenvalue weighted by molar-refractivity contribution is 0.252. The molecule has 3 heteroatoms. The van der Waals surface area contributed by atoms with Gasteiger partial charge in [-0.3, -0.25) is 0 Å². The normalized spacial score (nSPS) is 17.6. The second kappa shape index (κ2) is 6.02. The van der Waals surface area contributed by atoms with Crippen LogP contribution in [0.25, 0.3) is 0 Å². The molecule has 1 aliphatic carbocycles. The fourth-order valence-corrected chi connectivity index (χ4v) is 3.58. The van der Waals surface area contributed by atoms with Gasteiger partial charge < -0.3 is 11.1 Å². The maximum Gasteiger partial charge on any atom is 0.128 e. The summed E-state index contributed by atoms with van der Waals surface area (Å²) in [5, 5.41) is 3.48. The summed E-state index contributed by atoms with van der Waals surface area (Å²) in [7, 11) is 0. The zero-order chi connectivity index (χ0) is 14.8. The molecule has 2 rings (SSSR count). The first-order chi connectivity index (χ1) is 9.42. The smallest absolute Gasteiger partial charge is 0.128 e. The second-order valence-corrected chi connectivity index (χ2v) is 6.85. The van der Waals surface area contributed by atoms with Gasteiger partial charge in [-0.15, -0.1) is 0 Å². The Morgan fingerprint density at radius 1 is 1.30 bits per heavy atom. The largest absolute Gasteiger partial charge is 0.397 e. The average molecular weight is 278 g/mol. The van der Waals surface area contributed by atoms with Gasteiger partial charge >= 0.3 is 0 Å². The van der Waals surface area contributed by atoms with Crippen LogP contribution in [0.1, 0.15) is 51.5 Å². The predicted octanol–water partition coefficient (Wildman–Crippen LogP) is 4.73. The fraction of sp³-hybridized carbons (Fsp3) is 0.647. The number of aryl methyl sites for hydroxylation is 1. The molecule has 20 heavy (non-hydrogen) atoms. The molecular weight excluding hydrogens is 251 g/mol. The first-order valence-corrected chi connectivity index (χ1v) is 7.71. The van der Waals surface area contributed by atoms with Crippen LogP contribution in [0.4, 0.5) is 15.8 Å². The number of hydrogen-bond donors (Lipinski definition) is 2. The van der Waals surface area contributed by atoms with Gasteiger partial charge in [-0.1, -0.05) is 26.7 Å². The molecule has 1 aromatic rings. The van der Waals surface area contributed by atoms with Crippen molar-refractivity contribution >= 4 is 11.4 Å². The van der Waals surface area contributed by atoms with Crippen LogP contribution >= 0.6 is 0 Å². The molecule has 1 aromatic carbocycles. The molecule has 0 atom stereocenters. The number of benzene rings is 1. The molecule has 0 heterocycles. The third-order valence-corrected chi connectivity index (χ3v) is 4.49. The Kier molecular flexibility index (Phi) is 4.56. The van der Waals surface area contributed by atoms with Crippen molar-refractivity contribution in [3.8, 4) is 0 Å². The summed E-state index contributed by atoms with van der Waals surface area (Å²) in [6.07, 6.45) is 6.48. The summed E-state index contributed by atoms with van der Waals surface area (Å²) in [4.78, 5) is 0. The van der Waals surface area contributed by atoms with Gasteiger partial charge in [-0.2, -0.15) is 0 Å². The Morgan fingerprint density at radius 2 is 1.95 bits per heavy atom. The van der Waals surface area contributed by atoms with Crippen molar-refractivity contribution in [1.82, 2.24) is 0 Å². The Morgan fingerprint density at radius 3 is 2.55 bits per heavy atom. The van der Waals surface area contributed by atoms with E-state index >= 15 is 0 Å². The maximum absolute atomic E-state index is 13.4. The fourth-order valence-electron chi connectivity index (χ4n) is 3.58. The topological polar surface area (TPSA) is 38.0 Å². The summed E-state index contributed by atoms with van der Waals surface area (Å²) in [5.74, 6) is 0.480. The molecule has 0 bridgehead atoms. The Bertz CT molecular complexity index is 462. The maximum atomic E-state index is 13.4. The van der Waals surface area contributed by atoms with Gasteiger partial charge in [0.2, 0.25) is 0 Å². The standard InChI is InChI=1S/C17H27FN2/c1-12(2)10-17(6-4-5-7-17)11-20-16-8-13(3)14(18)9-15(16)19/h8-9,12,20H,4-7,10-11,19H2,1-3H3. The number of rotatable bonds is 5. The van der Waals surface area contributed by atoms with Crippen LogP contribution in [0.3, 0.4) is 0 Å². The molecule has 3 N–H and O–H groups in total. The highest BCUT2D eigenvalue weighted by molar-refractivity contribution is 5.67. The molecular formula is C17H27FN2. The number of nitrogens with two attached hydrogens (primary N) is 1. The Hall–Kier alpha value is -1.25. The molecule has 1 saturated carbocycles. The minimum Gasteiger partial charge on any atom is -0.397 e. The predicted molar refractivity (Wildman–Crippen MR) is 84.4 cm³/mol. The van der Waals surface area contributed by atoms with Crippen molar-refractivity contribution in [2.75, 3.05) is 17.6 Å². The molecule has 0 radical (unpaired) electrons. The van der Waals surface area contributed by atoms with E-state index in [1.54, 1.807) is 6.92 Å². The van der Waals surface area contributed by atoms with Crippen molar-refractivity contribution < 1.29 is 4.39 Å². The van der Waals surface area contributed by atoms with Crippen LogP contribution in [-0.4, -0.2) is 6.54 Å². The number of nitrogens with one attached hydrogen (secondary N) is 1. The summed E-state index contributed by atoms with van der Waals surface area (Å²) >= 11 is 0. The van der Waals surface area contributed by atoms with Crippen molar-refractivity contribution in [3.63, 3.8) is 0 Å². The van der Waals surface area contributed by atoms with E-state index in [0.717, 1.165) is 12.2 Å². The third kappa shape index (κ3) is 3.44. The van der Waals surface area contributed by atoms with Gasteiger partial charge in [-0.25, -0.2) is 4.39 Å². The first-order valence-electron chi connectivity index (χ1n) is 7.71. The van der Waals surface area contributed by atoms with E-state index in [4.69, 9.17) is 5.73 Å². The second-order valence-electron chi connectivity index (χ2n) is 6.85. The number of hydrogen-bond acceptors (Lipinski definition) is 2. The average Bonchev–Trinajstić information content (AvgIpc) is 2.80. The molecule has 1 fully saturated rings. The lowest BCUT2D eigenvalue weighted by Crippen LogP contribution is -2.28. The lowest BCUT2D eigenvalue weighted by Gasteiger charge is -2.32. The number of halogens is 1. The van der Waals surface area contributed by atoms with Crippen LogP contribution < -0.4 is 11.1 Å². The number of nitrogen functional groups attached to an aromatic ring is 1. The highest BCUT2D eigenvalue weighted by Gasteiger charge is 2.34. The van der Waals surface area contributed by atoms with E-state index in [0.29, 0.717) is 22.6 Å². The van der Waals surface area contributed by atoms with Crippen LogP contribution in [0.15, 0.2) is 12.1 Å². The minimum atomic E-state index is -0.231. The lowest BCUT2D eigenvalue weighted by atomic mass is 9.78. The van der Waals surface area contributed by atoms with Gasteiger partial charge in [-0.05, 0) is 55.2 Å². The van der Waals surface area contributed by atoms with Gasteiger partial charge in [0.25, 0.3) is 0 Å². The Labute approximate surface area is 121 Å². The molecule has 0 aromatic heterocycles. The minimum absolute atomic E-state index is 0.231. The third-order valence-electron chi connectivity index (χ3n) is 4.49. The summed E-state index contributed by atoms with van der Waals surface area (Å²) < 4.78 is 13.4. The van der Waals surface area contributed by atoms with E-state index in [9.17, 15) is 4.39 Å². The molecule has 1 aliphatic rings. The van der Waals surface area contributed by atoms with Crippen molar-refractivity contribution in [2.24, 2.45) is 11.3 Å². The van der Waals surface area contributed by atoms with Crippen LogP contribution in [0.2, 0.25) is 0 Å². The monoisotopic (exact) mass is 278 g/mol. The van der Waals surface area contributed by atoms with E-state index in [1.807, 2.05) is 6.07 Å². The molecule has 0 aliphatic heterocycles. The van der Waals surface area contributed by atoms with Crippen molar-refractivity contribution in [3.05, 3.63) is 23.5 Å². The molecule has 112 valence electrons. The molecule has 2 nitrogen and oxygen atoms in total. The quantitative estimate of drug-likeness (QED) is 0.764. The van der Waals surface area contributed by atoms with Crippen molar-refractivity contribution in [1.29, 1.82) is 0 Å². The summed E-state index contributed by atoms with van der Waals surface area (Å²) in [5.41, 5.74) is 8.33. The highest BCUT2D eigenvalue weighted by Crippen LogP contribution is 2.43. The van der Waals surface area contributed by atoms with E-state index in [-0.39, 0.29) is 5.82 Å². The van der Waals surface area contributed by atoms with Gasteiger partial charge in [0.05, 0.1) is 11.4 Å². The molecule has 0 spiro atoms. The first kappa shape index (κ1) is 15.1. The van der Waals surface area contributed by atoms with E-state index in [1.165, 1.54) is 38.2 Å². The van der Waals surface area contributed by atoms with Gasteiger partial charge in [0.1, 0.15) is 5.82 Å². The van der Waals surface area contributed by atoms with Crippen LogP contribution in [0.5, 0.6) is 0 Å². The zero-order valence-electron chi connectivity index (χ0n) is 12.9. The van der Waals surface area contributed by atoms with Gasteiger partial charge in [0, 0.05) is 6.54 Å². The van der Waals surface area contributed by atoms with Crippen LogP contribution in [-0.2, 0) is 0 Å². The SMILES string of the molecule is Cc1cc(NCC2(CC(C)C)CCCC2)c(N)cc1F. The molecule has 0 saturated heterocycles. The van der Waals surface area contributed by atoms with E-state index < -0.39 is 0 Å². The molecule has 0 unspecified atom stereocenters. The van der Waals surface area contributed by atoms with Crippen LogP contribution in [0, 0.1) is 24.1 Å². The van der Waals surface area contributed by atoms with Crippen molar-refractivity contribution in [2.45, 2.75) is 52.9 Å². The summed E-state index contributed by atoms with van der Waals surface area (Å²) in [6, 6.07) is 3.24. The zero-order valence-corrected chi connectivity index (χ0v) is 12.9.